The maximum Gasteiger partial charge on any atom is 0.329 e. The molecule has 19 heavy (non-hydrogen) atoms. The van der Waals surface area contributed by atoms with E-state index in [1.807, 2.05) is 4.98 Å². The molecule has 2 heterocycles. The lowest BCUT2D eigenvalue weighted by atomic mass is 10.1. The topological polar surface area (TPSA) is 116 Å². The minimum absolute atomic E-state index is 0.0469. The van der Waals surface area contributed by atoms with Crippen molar-refractivity contribution in [2.75, 3.05) is 6.61 Å². The van der Waals surface area contributed by atoms with E-state index in [1.165, 1.54) is 0 Å². The van der Waals surface area contributed by atoms with Crippen molar-refractivity contribution in [3.05, 3.63) is 32.6 Å². The number of terminal acetylenes is 1. The first-order valence-electron chi connectivity index (χ1n) is 5.44. The molecule has 7 nitrogen and oxygen atoms in total. The highest BCUT2D eigenvalue weighted by Crippen LogP contribution is 2.40. The van der Waals surface area contributed by atoms with Gasteiger partial charge in [0.15, 0.2) is 0 Å². The van der Waals surface area contributed by atoms with E-state index < -0.39 is 34.1 Å². The van der Waals surface area contributed by atoms with Gasteiger partial charge in [0.05, 0.1) is 18.0 Å². The summed E-state index contributed by atoms with van der Waals surface area (Å²) in [5.74, 6) is 2.13. The number of H-pyrrole nitrogens is 1. The summed E-state index contributed by atoms with van der Waals surface area (Å²) in [6.07, 6.45) is 3.90. The average Bonchev–Trinajstić information content (AvgIpc) is 2.67. The molecule has 0 amide bonds. The van der Waals surface area contributed by atoms with Crippen molar-refractivity contribution in [3.63, 3.8) is 0 Å². The number of aromatic amines is 1. The molecular weight excluding hydrogens is 272 g/mol. The van der Waals surface area contributed by atoms with Crippen LogP contribution in [0.1, 0.15) is 10.9 Å². The van der Waals surface area contributed by atoms with E-state index in [2.05, 4.69) is 5.92 Å². The number of nitrogens with one attached hydrogen (secondary N) is 1. The average molecular weight is 284 g/mol. The third-order valence-corrected chi connectivity index (χ3v) is 4.48. The van der Waals surface area contributed by atoms with Crippen molar-refractivity contribution in [1.82, 2.24) is 9.55 Å². The van der Waals surface area contributed by atoms with Gasteiger partial charge in [0.1, 0.15) is 17.0 Å². The summed E-state index contributed by atoms with van der Waals surface area (Å²) >= 11 is 1.04. The predicted octanol–water partition coefficient (Wildman–Crippen LogP) is -2.15. The first-order chi connectivity index (χ1) is 8.99. The molecule has 4 N–H and O–H groups in total. The van der Waals surface area contributed by atoms with Gasteiger partial charge in [-0.2, -0.15) is 0 Å². The molecule has 0 spiro atoms. The van der Waals surface area contributed by atoms with E-state index in [9.17, 15) is 19.8 Å². The monoisotopic (exact) mass is 284 g/mol. The Bertz CT molecular complexity index is 631. The number of thioether (sulfide) groups is 1. The smallest absolute Gasteiger partial charge is 0.329 e. The SMILES string of the molecule is C#Cc1cn([C@@H]2S[C@@H](CO)C(O)C2O)c(=O)[nH]c1=O. The van der Waals surface area contributed by atoms with Crippen LogP contribution in [0, 0.1) is 12.3 Å². The zero-order chi connectivity index (χ0) is 14.2. The van der Waals surface area contributed by atoms with Gasteiger partial charge in [-0.25, -0.2) is 4.79 Å². The first-order valence-corrected chi connectivity index (χ1v) is 6.38. The molecule has 0 aliphatic carbocycles. The molecular formula is C11H12N2O5S. The standard InChI is InChI=1S/C11H12N2O5S/c1-2-5-3-13(11(18)12-9(5)17)10-8(16)7(15)6(4-14)19-10/h1,3,6-8,10,14-16H,4H2,(H,12,17,18)/t6-,7?,8?,10+/m0/s1. The molecule has 0 bridgehead atoms. The number of hydrogen-bond donors (Lipinski definition) is 4. The summed E-state index contributed by atoms with van der Waals surface area (Å²) in [5.41, 5.74) is -1.46. The van der Waals surface area contributed by atoms with Gasteiger partial charge in [-0.3, -0.25) is 14.3 Å². The molecule has 0 radical (unpaired) electrons. The zero-order valence-corrected chi connectivity index (χ0v) is 10.5. The molecule has 1 aromatic heterocycles. The Morgan fingerprint density at radius 2 is 2.11 bits per heavy atom. The molecule has 1 aliphatic heterocycles. The van der Waals surface area contributed by atoms with Crippen molar-refractivity contribution in [2.45, 2.75) is 22.8 Å². The van der Waals surface area contributed by atoms with Gasteiger partial charge in [-0.1, -0.05) is 5.92 Å². The molecule has 0 saturated carbocycles. The van der Waals surface area contributed by atoms with Crippen LogP contribution in [0.5, 0.6) is 0 Å². The van der Waals surface area contributed by atoms with Crippen LogP contribution in [0.15, 0.2) is 15.8 Å². The summed E-state index contributed by atoms with van der Waals surface area (Å²) in [4.78, 5) is 25.1. The Kier molecular flexibility index (Phi) is 3.82. The highest BCUT2D eigenvalue weighted by Gasteiger charge is 2.43. The fraction of sp³-hybridized carbons (Fsp3) is 0.455. The number of rotatable bonds is 2. The largest absolute Gasteiger partial charge is 0.395 e. The molecule has 4 atom stereocenters. The molecule has 1 aromatic rings. The third kappa shape index (κ3) is 2.33. The number of aromatic nitrogens is 2. The summed E-state index contributed by atoms with van der Waals surface area (Å²) in [5, 5.41) is 27.2. The van der Waals surface area contributed by atoms with E-state index in [4.69, 9.17) is 11.5 Å². The summed E-state index contributed by atoms with van der Waals surface area (Å²) in [6.45, 7) is -0.334. The van der Waals surface area contributed by atoms with E-state index in [0.29, 0.717) is 0 Å². The van der Waals surface area contributed by atoms with Crippen molar-refractivity contribution >= 4 is 11.8 Å². The van der Waals surface area contributed by atoms with Gasteiger partial charge in [-0.05, 0) is 0 Å². The van der Waals surface area contributed by atoms with Crippen LogP contribution >= 0.6 is 11.8 Å². The van der Waals surface area contributed by atoms with Crippen LogP contribution in [-0.4, -0.2) is 48.9 Å². The van der Waals surface area contributed by atoms with Gasteiger partial charge in [0, 0.05) is 6.20 Å². The lowest BCUT2D eigenvalue weighted by molar-refractivity contribution is 0.0101. The quantitative estimate of drug-likeness (QED) is 0.460. The van der Waals surface area contributed by atoms with E-state index in [1.54, 1.807) is 0 Å². The molecule has 8 heteroatoms. The Hall–Kier alpha value is -1.53. The van der Waals surface area contributed by atoms with Crippen LogP contribution in [0.2, 0.25) is 0 Å². The molecule has 2 unspecified atom stereocenters. The number of aliphatic hydroxyl groups is 3. The van der Waals surface area contributed by atoms with Gasteiger partial charge in [-0.15, -0.1) is 18.2 Å². The van der Waals surface area contributed by atoms with E-state index in [0.717, 1.165) is 22.5 Å². The van der Waals surface area contributed by atoms with E-state index in [-0.39, 0.29) is 12.2 Å². The van der Waals surface area contributed by atoms with Gasteiger partial charge in [0.2, 0.25) is 0 Å². The summed E-state index contributed by atoms with van der Waals surface area (Å²) in [7, 11) is 0. The maximum atomic E-state index is 11.7. The van der Waals surface area contributed by atoms with Crippen LogP contribution in [0.4, 0.5) is 0 Å². The molecule has 0 aromatic carbocycles. The Morgan fingerprint density at radius 3 is 2.63 bits per heavy atom. The van der Waals surface area contributed by atoms with Crippen molar-refractivity contribution in [3.8, 4) is 12.3 Å². The number of aliphatic hydroxyl groups excluding tert-OH is 3. The van der Waals surface area contributed by atoms with Crippen LogP contribution in [-0.2, 0) is 0 Å². The van der Waals surface area contributed by atoms with Crippen LogP contribution in [0.25, 0.3) is 0 Å². The van der Waals surface area contributed by atoms with Gasteiger partial charge >= 0.3 is 5.69 Å². The minimum atomic E-state index is -1.24. The second-order valence-corrected chi connectivity index (χ2v) is 5.44. The maximum absolute atomic E-state index is 11.7. The predicted molar refractivity (Wildman–Crippen MR) is 68.8 cm³/mol. The molecule has 102 valence electrons. The lowest BCUT2D eigenvalue weighted by Crippen LogP contribution is -2.38. The molecule has 1 aliphatic rings. The Balaban J connectivity index is 2.46. The molecule has 1 saturated heterocycles. The summed E-state index contributed by atoms with van der Waals surface area (Å²) in [6, 6.07) is 0. The van der Waals surface area contributed by atoms with Crippen molar-refractivity contribution < 1.29 is 15.3 Å². The molecule has 2 rings (SSSR count). The second kappa shape index (κ2) is 5.22. The minimum Gasteiger partial charge on any atom is -0.395 e. The fourth-order valence-electron chi connectivity index (χ4n) is 1.89. The van der Waals surface area contributed by atoms with Crippen molar-refractivity contribution in [1.29, 1.82) is 0 Å². The third-order valence-electron chi connectivity index (χ3n) is 2.91. The zero-order valence-electron chi connectivity index (χ0n) is 9.68. The highest BCUT2D eigenvalue weighted by molar-refractivity contribution is 8.00. The number of hydrogen-bond acceptors (Lipinski definition) is 6. The van der Waals surface area contributed by atoms with Crippen LogP contribution < -0.4 is 11.2 Å². The van der Waals surface area contributed by atoms with Gasteiger partial charge in [0.25, 0.3) is 5.56 Å². The van der Waals surface area contributed by atoms with Crippen LogP contribution in [0.3, 0.4) is 0 Å². The van der Waals surface area contributed by atoms with Gasteiger partial charge < -0.3 is 15.3 Å². The lowest BCUT2D eigenvalue weighted by Gasteiger charge is -2.17. The fourth-order valence-corrected chi connectivity index (χ4v) is 3.26. The van der Waals surface area contributed by atoms with Crippen molar-refractivity contribution in [2.24, 2.45) is 0 Å². The number of nitrogens with zero attached hydrogens (tertiary/aromatic N) is 1. The second-order valence-electron chi connectivity index (χ2n) is 4.08. The van der Waals surface area contributed by atoms with E-state index >= 15 is 0 Å². The first kappa shape index (κ1) is 13.9. The highest BCUT2D eigenvalue weighted by atomic mass is 32.2. The Labute approximate surface area is 111 Å². The summed E-state index contributed by atoms with van der Waals surface area (Å²) < 4.78 is 1.06. The Morgan fingerprint density at radius 1 is 1.42 bits per heavy atom. The molecule has 1 fully saturated rings. The normalized spacial score (nSPS) is 30.2.